The largest absolute Gasteiger partial charge is 0.464 e. The van der Waals surface area contributed by atoms with Crippen molar-refractivity contribution in [2.45, 2.75) is 39.9 Å². The Labute approximate surface area is 208 Å². The lowest BCUT2D eigenvalue weighted by Gasteiger charge is -2.30. The molecule has 0 N–H and O–H groups in total. The molecule has 2 heterocycles. The summed E-state index contributed by atoms with van der Waals surface area (Å²) in [5, 5.41) is 11.2. The van der Waals surface area contributed by atoms with Crippen LogP contribution in [0.4, 0.5) is 5.69 Å². The number of ether oxygens (including phenoxy) is 2. The first-order valence-corrected chi connectivity index (χ1v) is 11.5. The summed E-state index contributed by atoms with van der Waals surface area (Å²) in [5.74, 6) is 1.84. The van der Waals surface area contributed by atoms with Crippen LogP contribution in [0.2, 0.25) is 0 Å². The molecule has 0 saturated heterocycles. The number of nitro groups is 1. The van der Waals surface area contributed by atoms with E-state index >= 15 is 0 Å². The van der Waals surface area contributed by atoms with Gasteiger partial charge in [-0.25, -0.2) is 0 Å². The Balaban J connectivity index is 1.56. The second-order valence-electron chi connectivity index (χ2n) is 8.78. The second kappa shape index (κ2) is 10.5. The molecule has 0 aliphatic carbocycles. The minimum atomic E-state index is -0.555. The number of non-ortho nitro benzene ring substituents is 1. The summed E-state index contributed by atoms with van der Waals surface area (Å²) in [6, 6.07) is 14.3. The van der Waals surface area contributed by atoms with Gasteiger partial charge in [0.25, 0.3) is 11.6 Å². The smallest absolute Gasteiger partial charge is 0.270 e. The number of carbonyl (C=O) groups is 2. The molecule has 0 saturated carbocycles. The average molecular weight is 494 g/mol. The lowest BCUT2D eigenvalue weighted by Crippen LogP contribution is -2.45. The van der Waals surface area contributed by atoms with Crippen LogP contribution in [0.25, 0.3) is 0 Å². The van der Waals surface area contributed by atoms with E-state index in [0.717, 1.165) is 11.3 Å². The van der Waals surface area contributed by atoms with Crippen LogP contribution in [-0.2, 0) is 17.9 Å². The normalized spacial score (nSPS) is 12.0. The summed E-state index contributed by atoms with van der Waals surface area (Å²) in [7, 11) is 0. The Hall–Kier alpha value is -4.34. The molecule has 0 radical (unpaired) electrons. The van der Waals surface area contributed by atoms with Gasteiger partial charge in [0.2, 0.25) is 12.7 Å². The number of aryl methyl sites for hydroxylation is 1. The molecule has 36 heavy (non-hydrogen) atoms. The van der Waals surface area contributed by atoms with Gasteiger partial charge in [-0.05, 0) is 56.7 Å². The van der Waals surface area contributed by atoms with Crippen LogP contribution in [0.5, 0.6) is 11.5 Å². The highest BCUT2D eigenvalue weighted by atomic mass is 16.7. The maximum atomic E-state index is 13.5. The van der Waals surface area contributed by atoms with E-state index < -0.39 is 10.8 Å². The summed E-state index contributed by atoms with van der Waals surface area (Å²) in [6.45, 7) is 5.82. The highest BCUT2D eigenvalue weighted by molar-refractivity contribution is 5.97. The van der Waals surface area contributed by atoms with E-state index in [0.29, 0.717) is 17.3 Å². The molecule has 4 rings (SSSR count). The van der Waals surface area contributed by atoms with Gasteiger partial charge in [0.1, 0.15) is 18.1 Å². The van der Waals surface area contributed by atoms with Gasteiger partial charge >= 0.3 is 0 Å². The first kappa shape index (κ1) is 24.8. The first-order valence-electron chi connectivity index (χ1n) is 11.5. The molecule has 2 amide bonds. The molecule has 2 aromatic carbocycles. The molecule has 0 bridgehead atoms. The predicted molar refractivity (Wildman–Crippen MR) is 130 cm³/mol. The summed E-state index contributed by atoms with van der Waals surface area (Å²) in [4.78, 5) is 40.4. The van der Waals surface area contributed by atoms with Gasteiger partial charge in [-0.2, -0.15) is 0 Å². The van der Waals surface area contributed by atoms with Gasteiger partial charge in [0.15, 0.2) is 11.5 Å². The Kier molecular flexibility index (Phi) is 7.23. The number of hydrogen-bond acceptors (Lipinski definition) is 7. The van der Waals surface area contributed by atoms with Crippen molar-refractivity contribution < 1.29 is 28.4 Å². The molecule has 188 valence electrons. The van der Waals surface area contributed by atoms with E-state index in [-0.39, 0.29) is 49.6 Å². The minimum absolute atomic E-state index is 0.148. The molecular formula is C26H27N3O7. The zero-order chi connectivity index (χ0) is 25.8. The number of nitro benzene ring substituents is 1. The van der Waals surface area contributed by atoms with Gasteiger partial charge in [0, 0.05) is 30.3 Å². The third kappa shape index (κ3) is 5.65. The van der Waals surface area contributed by atoms with Crippen molar-refractivity contribution in [3.63, 3.8) is 0 Å². The molecule has 10 nitrogen and oxygen atoms in total. The van der Waals surface area contributed by atoms with E-state index in [1.54, 1.807) is 24.8 Å². The van der Waals surface area contributed by atoms with Crippen molar-refractivity contribution in [3.05, 3.63) is 87.4 Å². The fraction of sp³-hybridized carbons (Fsp3) is 0.308. The van der Waals surface area contributed by atoms with Gasteiger partial charge in [0.05, 0.1) is 11.5 Å². The van der Waals surface area contributed by atoms with E-state index in [1.165, 1.54) is 29.2 Å². The molecule has 10 heteroatoms. The molecule has 0 spiro atoms. The van der Waals surface area contributed by atoms with Crippen LogP contribution in [-0.4, -0.2) is 45.9 Å². The van der Waals surface area contributed by atoms with Crippen LogP contribution in [0, 0.1) is 17.0 Å². The quantitative estimate of drug-likeness (QED) is 0.322. The van der Waals surface area contributed by atoms with Crippen molar-refractivity contribution in [2.24, 2.45) is 0 Å². The lowest BCUT2D eigenvalue weighted by atomic mass is 10.1. The van der Waals surface area contributed by atoms with Crippen molar-refractivity contribution in [1.29, 1.82) is 0 Å². The van der Waals surface area contributed by atoms with Crippen LogP contribution in [0.3, 0.4) is 0 Å². The van der Waals surface area contributed by atoms with E-state index in [9.17, 15) is 19.7 Å². The van der Waals surface area contributed by atoms with Crippen LogP contribution in [0.1, 0.15) is 41.3 Å². The molecule has 1 aromatic heterocycles. The van der Waals surface area contributed by atoms with Crippen LogP contribution < -0.4 is 9.47 Å². The number of nitrogens with zero attached hydrogens (tertiary/aromatic N) is 3. The van der Waals surface area contributed by atoms with E-state index in [1.807, 2.05) is 31.2 Å². The molecule has 0 atom stereocenters. The predicted octanol–water partition coefficient (Wildman–Crippen LogP) is 4.30. The van der Waals surface area contributed by atoms with Crippen molar-refractivity contribution in [3.8, 4) is 11.5 Å². The number of rotatable bonds is 9. The SMILES string of the molecule is Cc1ccc(CN(Cc2ccc3c(c2)OCO3)C(=O)CN(C(=O)c2cccc([N+](=O)[O-])c2)C(C)C)o1. The molecule has 0 fully saturated rings. The Morgan fingerprint density at radius 2 is 1.81 bits per heavy atom. The number of amides is 2. The van der Waals surface area contributed by atoms with Crippen LogP contribution in [0.15, 0.2) is 59.0 Å². The molecule has 0 unspecified atom stereocenters. The topological polar surface area (TPSA) is 115 Å². The van der Waals surface area contributed by atoms with Crippen LogP contribution >= 0.6 is 0 Å². The standard InChI is InChI=1S/C26H27N3O7/c1-17(2)28(26(31)20-5-4-6-21(12-20)29(32)33)15-25(30)27(14-22-9-7-18(3)36-22)13-19-8-10-23-24(11-19)35-16-34-23/h4-12,17H,13-16H2,1-3H3. The molecule has 3 aromatic rings. The zero-order valence-electron chi connectivity index (χ0n) is 20.3. The fourth-order valence-corrected chi connectivity index (χ4v) is 3.90. The van der Waals surface area contributed by atoms with Crippen molar-refractivity contribution >= 4 is 17.5 Å². The minimum Gasteiger partial charge on any atom is -0.464 e. The Morgan fingerprint density at radius 3 is 2.50 bits per heavy atom. The zero-order valence-corrected chi connectivity index (χ0v) is 20.3. The number of carbonyl (C=O) groups excluding carboxylic acids is 2. The van der Waals surface area contributed by atoms with E-state index in [2.05, 4.69) is 0 Å². The maximum absolute atomic E-state index is 13.5. The second-order valence-corrected chi connectivity index (χ2v) is 8.78. The lowest BCUT2D eigenvalue weighted by molar-refractivity contribution is -0.384. The third-order valence-electron chi connectivity index (χ3n) is 5.80. The Morgan fingerprint density at radius 1 is 1.03 bits per heavy atom. The molecule has 1 aliphatic rings. The fourth-order valence-electron chi connectivity index (χ4n) is 3.90. The van der Waals surface area contributed by atoms with E-state index in [4.69, 9.17) is 13.9 Å². The maximum Gasteiger partial charge on any atom is 0.270 e. The number of fused-ring (bicyclic) bond motifs is 1. The van der Waals surface area contributed by atoms with Gasteiger partial charge in [-0.3, -0.25) is 19.7 Å². The van der Waals surface area contributed by atoms with Gasteiger partial charge in [-0.15, -0.1) is 0 Å². The summed E-state index contributed by atoms with van der Waals surface area (Å²) >= 11 is 0. The Bertz CT molecular complexity index is 1280. The average Bonchev–Trinajstić information content (AvgIpc) is 3.49. The molecular weight excluding hydrogens is 466 g/mol. The summed E-state index contributed by atoms with van der Waals surface area (Å²) < 4.78 is 16.5. The summed E-state index contributed by atoms with van der Waals surface area (Å²) in [5.41, 5.74) is 0.792. The number of hydrogen-bond donors (Lipinski definition) is 0. The van der Waals surface area contributed by atoms with Crippen molar-refractivity contribution in [1.82, 2.24) is 9.80 Å². The van der Waals surface area contributed by atoms with Crippen molar-refractivity contribution in [2.75, 3.05) is 13.3 Å². The number of furan rings is 1. The van der Waals surface area contributed by atoms with Gasteiger partial charge < -0.3 is 23.7 Å². The number of benzene rings is 2. The third-order valence-corrected chi connectivity index (χ3v) is 5.80. The highest BCUT2D eigenvalue weighted by Gasteiger charge is 2.26. The molecule has 1 aliphatic heterocycles. The monoisotopic (exact) mass is 493 g/mol. The first-order chi connectivity index (χ1) is 17.2. The van der Waals surface area contributed by atoms with Gasteiger partial charge in [-0.1, -0.05) is 12.1 Å². The summed E-state index contributed by atoms with van der Waals surface area (Å²) in [6.07, 6.45) is 0. The highest BCUT2D eigenvalue weighted by Crippen LogP contribution is 2.33.